The summed E-state index contributed by atoms with van der Waals surface area (Å²) in [6, 6.07) is 10.5. The van der Waals surface area contributed by atoms with E-state index in [4.69, 9.17) is 0 Å². The summed E-state index contributed by atoms with van der Waals surface area (Å²) in [5, 5.41) is 1.17. The average Bonchev–Trinajstić information content (AvgIpc) is 2.90. The number of nitrogens with zero attached hydrogens (tertiary/aromatic N) is 1. The van der Waals surface area contributed by atoms with Crippen LogP contribution >= 0.6 is 0 Å². The van der Waals surface area contributed by atoms with Crippen LogP contribution in [0.3, 0.4) is 0 Å². The van der Waals surface area contributed by atoms with Crippen molar-refractivity contribution in [2.24, 2.45) is 0 Å². The fourth-order valence-corrected chi connectivity index (χ4v) is 4.48. The van der Waals surface area contributed by atoms with Gasteiger partial charge in [-0.25, -0.2) is 17.2 Å². The summed E-state index contributed by atoms with van der Waals surface area (Å²) in [5.74, 6) is -2.20. The van der Waals surface area contributed by atoms with E-state index in [9.17, 15) is 22.0 Å². The van der Waals surface area contributed by atoms with Crippen LogP contribution in [0.25, 0.3) is 10.8 Å². The van der Waals surface area contributed by atoms with E-state index in [0.717, 1.165) is 12.1 Å². The number of nitrogens with one attached hydrogen (secondary N) is 1. The van der Waals surface area contributed by atoms with Gasteiger partial charge in [0.25, 0.3) is 15.9 Å². The smallest absolute Gasteiger partial charge is 0.264 e. The topological polar surface area (TPSA) is 66.5 Å². The van der Waals surface area contributed by atoms with E-state index < -0.39 is 26.6 Å². The quantitative estimate of drug-likeness (QED) is 0.737. The molecular formula is C19H14F2N2O3S. The molecule has 0 aliphatic carbocycles. The molecule has 138 valence electrons. The van der Waals surface area contributed by atoms with Gasteiger partial charge in [-0.15, -0.1) is 0 Å². The van der Waals surface area contributed by atoms with Crippen LogP contribution in [0.4, 0.5) is 20.2 Å². The Morgan fingerprint density at radius 3 is 2.56 bits per heavy atom. The maximum atomic E-state index is 13.9. The average molecular weight is 388 g/mol. The van der Waals surface area contributed by atoms with E-state index >= 15 is 0 Å². The van der Waals surface area contributed by atoms with Crippen molar-refractivity contribution >= 4 is 38.1 Å². The van der Waals surface area contributed by atoms with E-state index in [1.165, 1.54) is 6.07 Å². The molecule has 3 aromatic carbocycles. The van der Waals surface area contributed by atoms with Crippen LogP contribution in [0, 0.1) is 11.6 Å². The molecule has 0 bridgehead atoms. The van der Waals surface area contributed by atoms with Gasteiger partial charge in [-0.3, -0.25) is 9.52 Å². The zero-order valence-electron chi connectivity index (χ0n) is 14.2. The molecule has 1 aliphatic heterocycles. The number of halogens is 2. The van der Waals surface area contributed by atoms with E-state index in [-0.39, 0.29) is 11.6 Å². The van der Waals surface area contributed by atoms with Crippen molar-refractivity contribution in [3.8, 4) is 0 Å². The first-order valence-corrected chi connectivity index (χ1v) is 9.67. The Kier molecular flexibility index (Phi) is 3.88. The predicted octanol–water partition coefficient (Wildman–Crippen LogP) is 3.90. The Labute approximate surface area is 154 Å². The van der Waals surface area contributed by atoms with Crippen molar-refractivity contribution in [1.82, 2.24) is 0 Å². The van der Waals surface area contributed by atoms with Crippen LogP contribution in [0.15, 0.2) is 53.4 Å². The Balaban J connectivity index is 1.85. The zero-order valence-corrected chi connectivity index (χ0v) is 15.0. The first kappa shape index (κ1) is 17.4. The van der Waals surface area contributed by atoms with Gasteiger partial charge in [0.15, 0.2) is 0 Å². The zero-order chi connectivity index (χ0) is 19.3. The minimum atomic E-state index is -4.28. The van der Waals surface area contributed by atoms with Crippen molar-refractivity contribution in [3.63, 3.8) is 0 Å². The summed E-state index contributed by atoms with van der Waals surface area (Å²) in [5.41, 5.74) is 1.40. The number of hydrogen-bond donors (Lipinski definition) is 1. The van der Waals surface area contributed by atoms with Crippen LogP contribution in [0.5, 0.6) is 0 Å². The standard InChI is InChI=1S/C19H14F2N2O3S/c1-2-23-16-8-7-15(12-4-3-5-13(18(12)16)19(23)24)22-27(25,26)17-9-6-11(20)10-14(17)21/h3-10,22H,2H2,1H3. The number of rotatable bonds is 4. The highest BCUT2D eigenvalue weighted by Crippen LogP contribution is 2.40. The van der Waals surface area contributed by atoms with Gasteiger partial charge in [0.1, 0.15) is 16.5 Å². The van der Waals surface area contributed by atoms with Gasteiger partial charge in [0, 0.05) is 28.9 Å². The maximum absolute atomic E-state index is 13.9. The van der Waals surface area contributed by atoms with Gasteiger partial charge in [-0.1, -0.05) is 12.1 Å². The number of hydrogen-bond acceptors (Lipinski definition) is 3. The maximum Gasteiger partial charge on any atom is 0.264 e. The second-order valence-electron chi connectivity index (χ2n) is 6.09. The molecule has 0 fully saturated rings. The SMILES string of the molecule is CCN1C(=O)c2cccc3c(NS(=O)(=O)c4ccc(F)cc4F)ccc1c23. The molecule has 4 rings (SSSR count). The van der Waals surface area contributed by atoms with Crippen molar-refractivity contribution < 1.29 is 22.0 Å². The van der Waals surface area contributed by atoms with Crippen molar-refractivity contribution in [2.75, 3.05) is 16.2 Å². The number of carbonyl (C=O) groups excluding carboxylic acids is 1. The second-order valence-corrected chi connectivity index (χ2v) is 7.74. The molecule has 1 N–H and O–H groups in total. The summed E-state index contributed by atoms with van der Waals surface area (Å²) >= 11 is 0. The minimum absolute atomic E-state index is 0.150. The van der Waals surface area contributed by atoms with Gasteiger partial charge in [-0.2, -0.15) is 0 Å². The normalized spacial score (nSPS) is 13.4. The molecule has 0 saturated heterocycles. The fraction of sp³-hybridized carbons (Fsp3) is 0.105. The lowest BCUT2D eigenvalue weighted by Gasteiger charge is -2.16. The fourth-order valence-electron chi connectivity index (χ4n) is 3.34. The first-order valence-electron chi connectivity index (χ1n) is 8.19. The van der Waals surface area contributed by atoms with Crippen LogP contribution in [-0.2, 0) is 10.0 Å². The number of sulfonamides is 1. The molecule has 0 saturated carbocycles. The van der Waals surface area contributed by atoms with Crippen LogP contribution < -0.4 is 9.62 Å². The van der Waals surface area contributed by atoms with Gasteiger partial charge in [-0.05, 0) is 37.3 Å². The summed E-state index contributed by atoms with van der Waals surface area (Å²) in [4.78, 5) is 13.5. The summed E-state index contributed by atoms with van der Waals surface area (Å²) < 4.78 is 54.6. The highest BCUT2D eigenvalue weighted by atomic mass is 32.2. The number of amides is 1. The lowest BCUT2D eigenvalue weighted by Crippen LogP contribution is -2.25. The van der Waals surface area contributed by atoms with Gasteiger partial charge in [0.05, 0.1) is 11.4 Å². The third-order valence-electron chi connectivity index (χ3n) is 4.53. The van der Waals surface area contributed by atoms with Crippen LogP contribution in [0.2, 0.25) is 0 Å². The molecule has 8 heteroatoms. The van der Waals surface area contributed by atoms with Crippen molar-refractivity contribution in [2.45, 2.75) is 11.8 Å². The molecule has 0 unspecified atom stereocenters. The number of anilines is 2. The summed E-state index contributed by atoms with van der Waals surface area (Å²) in [7, 11) is -4.28. The molecule has 3 aromatic rings. The van der Waals surface area contributed by atoms with Crippen molar-refractivity contribution in [3.05, 3.63) is 65.7 Å². The molecule has 0 radical (unpaired) electrons. The van der Waals surface area contributed by atoms with Crippen LogP contribution in [0.1, 0.15) is 17.3 Å². The van der Waals surface area contributed by atoms with E-state index in [1.807, 2.05) is 6.92 Å². The van der Waals surface area contributed by atoms with Gasteiger partial charge >= 0.3 is 0 Å². The highest BCUT2D eigenvalue weighted by Gasteiger charge is 2.30. The van der Waals surface area contributed by atoms with Gasteiger partial charge in [0.2, 0.25) is 0 Å². The highest BCUT2D eigenvalue weighted by molar-refractivity contribution is 7.92. The number of carbonyl (C=O) groups is 1. The van der Waals surface area contributed by atoms with E-state index in [1.54, 1.807) is 29.2 Å². The summed E-state index contributed by atoms with van der Waals surface area (Å²) in [6.07, 6.45) is 0. The minimum Gasteiger partial charge on any atom is -0.308 e. The molecular weight excluding hydrogens is 374 g/mol. The largest absolute Gasteiger partial charge is 0.308 e. The lowest BCUT2D eigenvalue weighted by molar-refractivity contribution is 0.0994. The van der Waals surface area contributed by atoms with E-state index in [2.05, 4.69) is 4.72 Å². The van der Waals surface area contributed by atoms with Crippen LogP contribution in [-0.4, -0.2) is 20.9 Å². The Hall–Kier alpha value is -3.00. The third-order valence-corrected chi connectivity index (χ3v) is 5.93. The molecule has 0 spiro atoms. The Morgan fingerprint density at radius 1 is 1.07 bits per heavy atom. The molecule has 0 atom stereocenters. The van der Waals surface area contributed by atoms with E-state index in [0.29, 0.717) is 34.6 Å². The molecule has 5 nitrogen and oxygen atoms in total. The monoisotopic (exact) mass is 388 g/mol. The van der Waals surface area contributed by atoms with Gasteiger partial charge < -0.3 is 4.90 Å². The first-order chi connectivity index (χ1) is 12.8. The molecule has 1 heterocycles. The third kappa shape index (κ3) is 2.64. The molecule has 1 aliphatic rings. The molecule has 1 amide bonds. The summed E-state index contributed by atoms with van der Waals surface area (Å²) in [6.45, 7) is 2.33. The predicted molar refractivity (Wildman–Crippen MR) is 98.5 cm³/mol. The lowest BCUT2D eigenvalue weighted by atomic mass is 10.0. The number of benzene rings is 3. The Morgan fingerprint density at radius 2 is 1.85 bits per heavy atom. The van der Waals surface area contributed by atoms with Crippen molar-refractivity contribution in [1.29, 1.82) is 0 Å². The Bertz CT molecular complexity index is 1210. The molecule has 0 aromatic heterocycles. The molecule has 27 heavy (non-hydrogen) atoms. The second kappa shape index (κ2) is 6.02.